The number of hydrogen-bond donors (Lipinski definition) is 1. The highest BCUT2D eigenvalue weighted by atomic mass is 32.1. The van der Waals surface area contributed by atoms with Gasteiger partial charge in [-0.3, -0.25) is 0 Å². The van der Waals surface area contributed by atoms with Gasteiger partial charge in [0.15, 0.2) is 11.5 Å². The number of hydrogen-bond acceptors (Lipinski definition) is 8. The number of benzene rings is 1. The maximum Gasteiger partial charge on any atom is 0.203 e. The zero-order chi connectivity index (χ0) is 21.8. The number of rotatable bonds is 8. The lowest BCUT2D eigenvalue weighted by Crippen LogP contribution is -2.11. The van der Waals surface area contributed by atoms with Crippen molar-refractivity contribution in [3.8, 4) is 23.3 Å². The zero-order valence-electron chi connectivity index (χ0n) is 18.1. The van der Waals surface area contributed by atoms with Crippen LogP contribution < -0.4 is 19.5 Å². The number of nitrogens with one attached hydrogen (secondary N) is 1. The van der Waals surface area contributed by atoms with E-state index >= 15 is 0 Å². The Morgan fingerprint density at radius 3 is 2.30 bits per heavy atom. The number of thiophene rings is 1. The quantitative estimate of drug-likeness (QED) is 0.565. The van der Waals surface area contributed by atoms with Crippen LogP contribution in [0.4, 0.5) is 5.82 Å². The lowest BCUT2D eigenvalue weighted by Gasteiger charge is -2.14. The van der Waals surface area contributed by atoms with E-state index in [1.165, 1.54) is 11.3 Å². The Morgan fingerprint density at radius 2 is 1.77 bits per heavy atom. The molecule has 2 heterocycles. The van der Waals surface area contributed by atoms with Gasteiger partial charge in [0.25, 0.3) is 0 Å². The molecule has 2 aromatic heterocycles. The normalized spacial score (nSPS) is 10.9. The van der Waals surface area contributed by atoms with Crippen LogP contribution in [0.5, 0.6) is 17.2 Å². The summed E-state index contributed by atoms with van der Waals surface area (Å²) in [5.41, 5.74) is 1.86. The van der Waals surface area contributed by atoms with Crippen LogP contribution in [-0.4, -0.2) is 37.8 Å². The fourth-order valence-electron chi connectivity index (χ4n) is 3.22. The topological polar surface area (TPSA) is 89.3 Å². The van der Waals surface area contributed by atoms with Crippen molar-refractivity contribution in [2.45, 2.75) is 27.2 Å². The van der Waals surface area contributed by atoms with Crippen LogP contribution in [0.2, 0.25) is 0 Å². The molecule has 1 aromatic carbocycles. The third kappa shape index (κ3) is 4.26. The van der Waals surface area contributed by atoms with E-state index in [1.807, 2.05) is 19.1 Å². The first-order valence-electron chi connectivity index (χ1n) is 9.64. The van der Waals surface area contributed by atoms with Crippen LogP contribution in [0.15, 0.2) is 12.1 Å². The molecule has 0 aliphatic rings. The summed E-state index contributed by atoms with van der Waals surface area (Å²) in [5, 5.41) is 13.8. The molecule has 7 nitrogen and oxygen atoms in total. The van der Waals surface area contributed by atoms with Crippen molar-refractivity contribution in [1.82, 2.24) is 9.97 Å². The number of fused-ring (bicyclic) bond motifs is 1. The van der Waals surface area contributed by atoms with E-state index in [1.54, 1.807) is 21.3 Å². The van der Waals surface area contributed by atoms with E-state index in [0.717, 1.165) is 33.7 Å². The lowest BCUT2D eigenvalue weighted by atomic mass is 10.1. The molecule has 0 atom stereocenters. The number of aryl methyl sites for hydroxylation is 1. The standard InChI is InChI=1S/C22H26N4O3S/c1-12(2)11-24-21-19-13(3)17(10-23)30-22(19)26-18(25-21)9-14-7-15(27-4)20(29-6)16(8-14)28-5/h7-8,12H,9,11H2,1-6H3,(H,24,25,26). The summed E-state index contributed by atoms with van der Waals surface area (Å²) < 4.78 is 16.3. The molecule has 0 aliphatic carbocycles. The van der Waals surface area contributed by atoms with Crippen molar-refractivity contribution >= 4 is 27.4 Å². The van der Waals surface area contributed by atoms with Gasteiger partial charge in [0.1, 0.15) is 27.4 Å². The Hall–Kier alpha value is -3.05. The first-order valence-corrected chi connectivity index (χ1v) is 10.5. The molecule has 0 spiro atoms. The van der Waals surface area contributed by atoms with Crippen molar-refractivity contribution in [1.29, 1.82) is 5.26 Å². The molecular formula is C22H26N4O3S. The molecule has 30 heavy (non-hydrogen) atoms. The lowest BCUT2D eigenvalue weighted by molar-refractivity contribution is 0.324. The molecule has 0 fully saturated rings. The van der Waals surface area contributed by atoms with Gasteiger partial charge in [-0.05, 0) is 36.1 Å². The maximum absolute atomic E-state index is 9.45. The summed E-state index contributed by atoms with van der Waals surface area (Å²) in [5.74, 6) is 3.62. The molecule has 0 amide bonds. The second kappa shape index (κ2) is 9.18. The predicted octanol–water partition coefficient (Wildman–Crippen LogP) is 4.56. The Morgan fingerprint density at radius 1 is 1.10 bits per heavy atom. The van der Waals surface area contributed by atoms with Crippen LogP contribution in [0.3, 0.4) is 0 Å². The first-order chi connectivity index (χ1) is 14.4. The Labute approximate surface area is 180 Å². The largest absolute Gasteiger partial charge is 0.493 e. The summed E-state index contributed by atoms with van der Waals surface area (Å²) in [6.07, 6.45) is 0.488. The van der Waals surface area contributed by atoms with E-state index in [9.17, 15) is 5.26 Å². The Kier molecular flexibility index (Phi) is 6.63. The summed E-state index contributed by atoms with van der Waals surface area (Å²) in [6.45, 7) is 7.01. The molecule has 1 N–H and O–H groups in total. The molecule has 0 bridgehead atoms. The minimum absolute atomic E-state index is 0.461. The molecule has 3 aromatic rings. The van der Waals surface area contributed by atoms with Gasteiger partial charge in [-0.2, -0.15) is 5.26 Å². The van der Waals surface area contributed by atoms with Gasteiger partial charge >= 0.3 is 0 Å². The molecule has 0 saturated carbocycles. The highest BCUT2D eigenvalue weighted by Crippen LogP contribution is 2.39. The molecule has 0 unspecified atom stereocenters. The van der Waals surface area contributed by atoms with Gasteiger partial charge in [-0.15, -0.1) is 11.3 Å². The SMILES string of the molecule is COc1cc(Cc2nc(NCC(C)C)c3c(C)c(C#N)sc3n2)cc(OC)c1OC. The molecule has 0 saturated heterocycles. The van der Waals surface area contributed by atoms with Gasteiger partial charge in [0, 0.05) is 13.0 Å². The molecule has 0 aliphatic heterocycles. The summed E-state index contributed by atoms with van der Waals surface area (Å²) in [6, 6.07) is 6.06. The van der Waals surface area contributed by atoms with Crippen molar-refractivity contribution < 1.29 is 14.2 Å². The number of anilines is 1. The second-order valence-corrected chi connectivity index (χ2v) is 8.32. The third-order valence-electron chi connectivity index (χ3n) is 4.70. The van der Waals surface area contributed by atoms with Gasteiger partial charge in [-0.25, -0.2) is 9.97 Å². The Balaban J connectivity index is 2.07. The summed E-state index contributed by atoms with van der Waals surface area (Å²) >= 11 is 1.40. The van der Waals surface area contributed by atoms with E-state index < -0.39 is 0 Å². The molecule has 8 heteroatoms. The fraction of sp³-hybridized carbons (Fsp3) is 0.409. The van der Waals surface area contributed by atoms with Crippen molar-refractivity contribution in [2.75, 3.05) is 33.2 Å². The second-order valence-electron chi connectivity index (χ2n) is 7.32. The highest BCUT2D eigenvalue weighted by molar-refractivity contribution is 7.19. The zero-order valence-corrected chi connectivity index (χ0v) is 18.9. The van der Waals surface area contributed by atoms with Crippen LogP contribution >= 0.6 is 11.3 Å². The first kappa shape index (κ1) is 21.7. The minimum Gasteiger partial charge on any atom is -0.493 e. The van der Waals surface area contributed by atoms with E-state index in [0.29, 0.717) is 40.3 Å². The average molecular weight is 427 g/mol. The van der Waals surface area contributed by atoms with Crippen LogP contribution in [0, 0.1) is 24.2 Å². The monoisotopic (exact) mass is 426 g/mol. The van der Waals surface area contributed by atoms with Crippen molar-refractivity contribution in [2.24, 2.45) is 5.92 Å². The van der Waals surface area contributed by atoms with E-state index in [4.69, 9.17) is 24.2 Å². The van der Waals surface area contributed by atoms with Crippen molar-refractivity contribution in [3.05, 3.63) is 34.0 Å². The predicted molar refractivity (Wildman–Crippen MR) is 119 cm³/mol. The smallest absolute Gasteiger partial charge is 0.203 e. The van der Waals surface area contributed by atoms with Gasteiger partial charge in [0.2, 0.25) is 5.75 Å². The van der Waals surface area contributed by atoms with Crippen LogP contribution in [-0.2, 0) is 6.42 Å². The minimum atomic E-state index is 0.461. The Bertz CT molecular complexity index is 1080. The van der Waals surface area contributed by atoms with Gasteiger partial charge in [-0.1, -0.05) is 13.8 Å². The molecule has 3 rings (SSSR count). The van der Waals surface area contributed by atoms with Crippen LogP contribution in [0.1, 0.15) is 35.7 Å². The molecule has 0 radical (unpaired) electrons. The molecular weight excluding hydrogens is 400 g/mol. The number of nitrogens with zero attached hydrogens (tertiary/aromatic N) is 3. The number of ether oxygens (including phenoxy) is 3. The number of methoxy groups -OCH3 is 3. The van der Waals surface area contributed by atoms with Gasteiger partial charge in [0.05, 0.1) is 26.7 Å². The van der Waals surface area contributed by atoms with E-state index in [-0.39, 0.29) is 0 Å². The average Bonchev–Trinajstić information content (AvgIpc) is 3.06. The van der Waals surface area contributed by atoms with Crippen LogP contribution in [0.25, 0.3) is 10.2 Å². The number of aromatic nitrogens is 2. The molecule has 158 valence electrons. The summed E-state index contributed by atoms with van der Waals surface area (Å²) in [7, 11) is 4.76. The summed E-state index contributed by atoms with van der Waals surface area (Å²) in [4.78, 5) is 11.0. The number of nitriles is 1. The third-order valence-corrected chi connectivity index (χ3v) is 5.79. The van der Waals surface area contributed by atoms with Crippen molar-refractivity contribution in [3.63, 3.8) is 0 Å². The maximum atomic E-state index is 9.45. The highest BCUT2D eigenvalue weighted by Gasteiger charge is 2.18. The van der Waals surface area contributed by atoms with Gasteiger partial charge < -0.3 is 19.5 Å². The van der Waals surface area contributed by atoms with E-state index in [2.05, 4.69) is 25.2 Å². The fourth-order valence-corrected chi connectivity index (χ4v) is 4.21.